The second-order valence-electron chi connectivity index (χ2n) is 5.81. The molecular formula is C19H22N2O4S. The van der Waals surface area contributed by atoms with Crippen molar-refractivity contribution in [2.75, 3.05) is 27.1 Å². The number of aromatic nitrogens is 1. The fraction of sp³-hybridized carbons (Fsp3) is 0.368. The molecule has 0 N–H and O–H groups in total. The lowest BCUT2D eigenvalue weighted by molar-refractivity contribution is -0.132. The lowest BCUT2D eigenvalue weighted by Crippen LogP contribution is -2.36. The SMILES string of the molecule is COc1cc(C2SCCC(=O)N2Cc2ccncc2)cc(OC)c1OC. The van der Waals surface area contributed by atoms with E-state index in [4.69, 9.17) is 14.2 Å². The van der Waals surface area contributed by atoms with Gasteiger partial charge in [-0.3, -0.25) is 9.78 Å². The van der Waals surface area contributed by atoms with Crippen LogP contribution in [0.15, 0.2) is 36.7 Å². The number of benzene rings is 1. The van der Waals surface area contributed by atoms with E-state index in [0.717, 1.165) is 16.9 Å². The van der Waals surface area contributed by atoms with E-state index in [1.807, 2.05) is 29.2 Å². The molecule has 0 bridgehead atoms. The van der Waals surface area contributed by atoms with E-state index in [1.54, 1.807) is 45.5 Å². The Balaban J connectivity index is 1.98. The van der Waals surface area contributed by atoms with Gasteiger partial charge in [0, 0.05) is 31.1 Å². The summed E-state index contributed by atoms with van der Waals surface area (Å²) in [6, 6.07) is 7.69. The number of methoxy groups -OCH3 is 3. The summed E-state index contributed by atoms with van der Waals surface area (Å²) in [6.45, 7) is 0.537. The summed E-state index contributed by atoms with van der Waals surface area (Å²) >= 11 is 1.74. The number of hydrogen-bond acceptors (Lipinski definition) is 6. The van der Waals surface area contributed by atoms with Gasteiger partial charge in [-0.05, 0) is 35.4 Å². The molecular weight excluding hydrogens is 352 g/mol. The van der Waals surface area contributed by atoms with Gasteiger partial charge in [-0.2, -0.15) is 0 Å². The second-order valence-corrected chi connectivity index (χ2v) is 7.00. The van der Waals surface area contributed by atoms with E-state index in [-0.39, 0.29) is 11.3 Å². The number of rotatable bonds is 6. The highest BCUT2D eigenvalue weighted by Gasteiger charge is 2.31. The number of ether oxygens (including phenoxy) is 3. The molecule has 1 atom stereocenters. The first-order chi connectivity index (χ1) is 12.7. The Morgan fingerprint density at radius 1 is 1.12 bits per heavy atom. The van der Waals surface area contributed by atoms with Gasteiger partial charge in [-0.25, -0.2) is 0 Å². The topological polar surface area (TPSA) is 60.9 Å². The van der Waals surface area contributed by atoms with E-state index in [1.165, 1.54) is 0 Å². The van der Waals surface area contributed by atoms with E-state index in [9.17, 15) is 4.79 Å². The minimum Gasteiger partial charge on any atom is -0.493 e. The van der Waals surface area contributed by atoms with Crippen LogP contribution in [0.2, 0.25) is 0 Å². The predicted molar refractivity (Wildman–Crippen MR) is 101 cm³/mol. The summed E-state index contributed by atoms with van der Waals surface area (Å²) < 4.78 is 16.3. The van der Waals surface area contributed by atoms with Crippen molar-refractivity contribution in [2.24, 2.45) is 0 Å². The number of pyridine rings is 1. The molecule has 2 heterocycles. The number of nitrogens with zero attached hydrogens (tertiary/aromatic N) is 2. The zero-order valence-corrected chi connectivity index (χ0v) is 15.9. The Morgan fingerprint density at radius 2 is 1.77 bits per heavy atom. The zero-order valence-electron chi connectivity index (χ0n) is 15.1. The summed E-state index contributed by atoms with van der Waals surface area (Å²) in [5.41, 5.74) is 2.00. The largest absolute Gasteiger partial charge is 0.493 e. The minimum absolute atomic E-state index is 0.113. The highest BCUT2D eigenvalue weighted by molar-refractivity contribution is 7.99. The monoisotopic (exact) mass is 374 g/mol. The van der Waals surface area contributed by atoms with E-state index in [2.05, 4.69) is 4.98 Å². The first kappa shape index (κ1) is 18.4. The molecule has 7 heteroatoms. The van der Waals surface area contributed by atoms with Crippen molar-refractivity contribution in [3.05, 3.63) is 47.8 Å². The summed E-state index contributed by atoms with van der Waals surface area (Å²) in [5.74, 6) is 2.65. The van der Waals surface area contributed by atoms with Gasteiger partial charge in [-0.1, -0.05) is 0 Å². The lowest BCUT2D eigenvalue weighted by Gasteiger charge is -2.36. The van der Waals surface area contributed by atoms with Crippen molar-refractivity contribution >= 4 is 17.7 Å². The molecule has 0 aliphatic carbocycles. The lowest BCUT2D eigenvalue weighted by atomic mass is 10.1. The molecule has 1 aliphatic rings. The standard InChI is InChI=1S/C19H22N2O4S/c1-23-15-10-14(11-16(24-2)18(15)25-3)19-21(17(22)6-9-26-19)12-13-4-7-20-8-5-13/h4-5,7-8,10-11,19H,6,9,12H2,1-3H3. The Labute approximate surface area is 157 Å². The van der Waals surface area contributed by atoms with Crippen LogP contribution in [-0.4, -0.2) is 42.9 Å². The third-order valence-corrected chi connectivity index (χ3v) is 5.55. The molecule has 3 rings (SSSR count). The average Bonchev–Trinajstić information content (AvgIpc) is 2.69. The maximum absolute atomic E-state index is 12.6. The maximum Gasteiger partial charge on any atom is 0.224 e. The highest BCUT2D eigenvalue weighted by atomic mass is 32.2. The van der Waals surface area contributed by atoms with Crippen molar-refractivity contribution in [1.82, 2.24) is 9.88 Å². The molecule has 26 heavy (non-hydrogen) atoms. The zero-order chi connectivity index (χ0) is 18.5. The molecule has 1 amide bonds. The van der Waals surface area contributed by atoms with Crippen LogP contribution in [0.1, 0.15) is 22.9 Å². The fourth-order valence-corrected chi connectivity index (χ4v) is 4.21. The highest BCUT2D eigenvalue weighted by Crippen LogP contribution is 2.45. The quantitative estimate of drug-likeness (QED) is 0.773. The summed E-state index contributed by atoms with van der Waals surface area (Å²) in [7, 11) is 4.76. The Morgan fingerprint density at radius 3 is 2.35 bits per heavy atom. The van der Waals surface area contributed by atoms with Crippen molar-refractivity contribution in [1.29, 1.82) is 0 Å². The van der Waals surface area contributed by atoms with Gasteiger partial charge in [0.25, 0.3) is 0 Å². The molecule has 1 aromatic carbocycles. The van der Waals surface area contributed by atoms with Crippen LogP contribution >= 0.6 is 11.8 Å². The van der Waals surface area contributed by atoms with Gasteiger partial charge < -0.3 is 19.1 Å². The predicted octanol–water partition coefficient (Wildman–Crippen LogP) is 3.27. The molecule has 1 aromatic heterocycles. The first-order valence-corrected chi connectivity index (χ1v) is 9.32. The number of hydrogen-bond donors (Lipinski definition) is 0. The van der Waals surface area contributed by atoms with Crippen molar-refractivity contribution in [3.63, 3.8) is 0 Å². The van der Waals surface area contributed by atoms with Crippen LogP contribution in [0.3, 0.4) is 0 Å². The van der Waals surface area contributed by atoms with Crippen LogP contribution in [0.25, 0.3) is 0 Å². The smallest absolute Gasteiger partial charge is 0.224 e. The van der Waals surface area contributed by atoms with Crippen LogP contribution in [0, 0.1) is 0 Å². The van der Waals surface area contributed by atoms with Crippen LogP contribution in [0.5, 0.6) is 17.2 Å². The minimum atomic E-state index is -0.113. The average molecular weight is 374 g/mol. The Hall–Kier alpha value is -2.41. The molecule has 1 aliphatic heterocycles. The van der Waals surface area contributed by atoms with Gasteiger partial charge in [0.1, 0.15) is 5.37 Å². The number of thioether (sulfide) groups is 1. The van der Waals surface area contributed by atoms with E-state index in [0.29, 0.717) is 30.2 Å². The third kappa shape index (κ3) is 3.72. The molecule has 1 unspecified atom stereocenters. The van der Waals surface area contributed by atoms with E-state index < -0.39 is 0 Å². The van der Waals surface area contributed by atoms with Crippen molar-refractivity contribution in [2.45, 2.75) is 18.3 Å². The molecule has 0 radical (unpaired) electrons. The summed E-state index contributed by atoms with van der Waals surface area (Å²) in [4.78, 5) is 18.6. The van der Waals surface area contributed by atoms with Gasteiger partial charge in [0.05, 0.1) is 21.3 Å². The van der Waals surface area contributed by atoms with E-state index >= 15 is 0 Å². The fourth-order valence-electron chi connectivity index (χ4n) is 3.00. The van der Waals surface area contributed by atoms with Gasteiger partial charge in [0.15, 0.2) is 11.5 Å². The normalized spacial score (nSPS) is 17.1. The van der Waals surface area contributed by atoms with Crippen LogP contribution < -0.4 is 14.2 Å². The van der Waals surface area contributed by atoms with Crippen molar-refractivity contribution < 1.29 is 19.0 Å². The molecule has 0 saturated carbocycles. The van der Waals surface area contributed by atoms with Gasteiger partial charge in [0.2, 0.25) is 11.7 Å². The molecule has 6 nitrogen and oxygen atoms in total. The number of amides is 1. The first-order valence-electron chi connectivity index (χ1n) is 8.27. The molecule has 1 saturated heterocycles. The van der Waals surface area contributed by atoms with Crippen LogP contribution in [0.4, 0.5) is 0 Å². The third-order valence-electron chi connectivity index (χ3n) is 4.27. The molecule has 138 valence electrons. The molecule has 1 fully saturated rings. The molecule has 2 aromatic rings. The number of carbonyl (C=O) groups excluding carboxylic acids is 1. The molecule has 0 spiro atoms. The Kier molecular flexibility index (Phi) is 5.88. The maximum atomic E-state index is 12.6. The summed E-state index contributed by atoms with van der Waals surface area (Å²) in [6.07, 6.45) is 4.02. The van der Waals surface area contributed by atoms with Crippen molar-refractivity contribution in [3.8, 4) is 17.2 Å². The Bertz CT molecular complexity index is 744. The second kappa shape index (κ2) is 8.31. The van der Waals surface area contributed by atoms with Gasteiger partial charge in [-0.15, -0.1) is 11.8 Å². The number of carbonyl (C=O) groups is 1. The van der Waals surface area contributed by atoms with Crippen LogP contribution in [-0.2, 0) is 11.3 Å². The van der Waals surface area contributed by atoms with Gasteiger partial charge >= 0.3 is 0 Å². The summed E-state index contributed by atoms with van der Waals surface area (Å²) in [5, 5.41) is -0.113.